The van der Waals surface area contributed by atoms with Crippen molar-refractivity contribution in [3.8, 4) is 5.75 Å². The minimum absolute atomic E-state index is 0.0809. The summed E-state index contributed by atoms with van der Waals surface area (Å²) in [5, 5.41) is 11.8. The quantitative estimate of drug-likeness (QED) is 0.753. The van der Waals surface area contributed by atoms with Crippen LogP contribution in [0.1, 0.15) is 33.6 Å². The number of nitrogens with one attached hydrogen (secondary N) is 1. The van der Waals surface area contributed by atoms with Crippen LogP contribution in [0.4, 0.5) is 5.69 Å². The average molecular weight is 389 g/mol. The first-order chi connectivity index (χ1) is 12.7. The van der Waals surface area contributed by atoms with Crippen molar-refractivity contribution in [3.05, 3.63) is 53.6 Å². The minimum atomic E-state index is -3.64. The van der Waals surface area contributed by atoms with Gasteiger partial charge in [0, 0.05) is 11.9 Å². The number of sulfone groups is 1. The zero-order valence-electron chi connectivity index (χ0n) is 14.6. The van der Waals surface area contributed by atoms with E-state index in [2.05, 4.69) is 5.32 Å². The fraction of sp³-hybridized carbons (Fsp3) is 0.263. The number of amides is 1. The summed E-state index contributed by atoms with van der Waals surface area (Å²) < 4.78 is 29.3. The maximum Gasteiger partial charge on any atom is 0.335 e. The lowest BCUT2D eigenvalue weighted by atomic mass is 10.1. The molecule has 0 radical (unpaired) electrons. The molecule has 3 rings (SSSR count). The van der Waals surface area contributed by atoms with E-state index >= 15 is 0 Å². The molecular formula is C19H19NO6S. The number of carboxylic acid groups (broad SMARTS) is 1. The Morgan fingerprint density at radius 1 is 1.19 bits per heavy atom. The van der Waals surface area contributed by atoms with E-state index in [0.29, 0.717) is 23.8 Å². The van der Waals surface area contributed by atoms with Crippen LogP contribution in [0.25, 0.3) is 0 Å². The van der Waals surface area contributed by atoms with Gasteiger partial charge in [-0.1, -0.05) is 12.1 Å². The summed E-state index contributed by atoms with van der Waals surface area (Å²) in [6, 6.07) is 10.2. The Balaban J connectivity index is 1.87. The topological polar surface area (TPSA) is 110 Å². The number of carbonyl (C=O) groups excluding carboxylic acids is 1. The largest absolute Gasteiger partial charge is 0.492 e. The van der Waals surface area contributed by atoms with E-state index in [1.165, 1.54) is 12.1 Å². The van der Waals surface area contributed by atoms with Crippen molar-refractivity contribution in [2.24, 2.45) is 5.92 Å². The molecule has 1 aliphatic rings. The van der Waals surface area contributed by atoms with Crippen LogP contribution >= 0.6 is 0 Å². The number of carbonyl (C=O) groups is 2. The van der Waals surface area contributed by atoms with Gasteiger partial charge in [0.25, 0.3) is 5.91 Å². The Hall–Kier alpha value is -2.87. The predicted molar refractivity (Wildman–Crippen MR) is 99.1 cm³/mol. The molecule has 2 aromatic rings. The van der Waals surface area contributed by atoms with Crippen molar-refractivity contribution < 1.29 is 27.9 Å². The maximum atomic E-state index is 12.6. The van der Waals surface area contributed by atoms with Gasteiger partial charge in [-0.3, -0.25) is 4.79 Å². The summed E-state index contributed by atoms with van der Waals surface area (Å²) in [6.07, 6.45) is 3.20. The van der Waals surface area contributed by atoms with Gasteiger partial charge in [0.05, 0.1) is 22.6 Å². The molecule has 2 aromatic carbocycles. The zero-order valence-corrected chi connectivity index (χ0v) is 15.5. The van der Waals surface area contributed by atoms with Crippen LogP contribution in [-0.2, 0) is 9.84 Å². The number of rotatable bonds is 7. The van der Waals surface area contributed by atoms with E-state index in [4.69, 9.17) is 4.74 Å². The van der Waals surface area contributed by atoms with Gasteiger partial charge < -0.3 is 15.2 Å². The van der Waals surface area contributed by atoms with Gasteiger partial charge in [0.2, 0.25) is 0 Å². The van der Waals surface area contributed by atoms with E-state index < -0.39 is 21.7 Å². The van der Waals surface area contributed by atoms with Crippen molar-refractivity contribution in [2.45, 2.75) is 17.7 Å². The third-order valence-corrected chi connectivity index (χ3v) is 5.23. The van der Waals surface area contributed by atoms with Crippen molar-refractivity contribution >= 4 is 27.4 Å². The Kier molecular flexibility index (Phi) is 5.18. The van der Waals surface area contributed by atoms with E-state index in [9.17, 15) is 23.1 Å². The van der Waals surface area contributed by atoms with Crippen LogP contribution in [0.15, 0.2) is 47.4 Å². The van der Waals surface area contributed by atoms with Crippen LogP contribution in [0, 0.1) is 5.92 Å². The molecular weight excluding hydrogens is 370 g/mol. The van der Waals surface area contributed by atoms with Crippen LogP contribution in [0.3, 0.4) is 0 Å². The van der Waals surface area contributed by atoms with Crippen molar-refractivity contribution in [3.63, 3.8) is 0 Å². The molecule has 0 aromatic heterocycles. The van der Waals surface area contributed by atoms with E-state index in [1.54, 1.807) is 24.3 Å². The second-order valence-corrected chi connectivity index (χ2v) is 8.54. The van der Waals surface area contributed by atoms with Crippen LogP contribution in [0.2, 0.25) is 0 Å². The zero-order chi connectivity index (χ0) is 19.6. The summed E-state index contributed by atoms with van der Waals surface area (Å²) in [4.78, 5) is 23.7. The normalized spacial score (nSPS) is 13.8. The van der Waals surface area contributed by atoms with Crippen molar-refractivity contribution in [1.29, 1.82) is 0 Å². The third kappa shape index (κ3) is 4.85. The Labute approximate surface area is 156 Å². The molecule has 1 amide bonds. The van der Waals surface area contributed by atoms with Crippen molar-refractivity contribution in [1.82, 2.24) is 0 Å². The van der Waals surface area contributed by atoms with Crippen LogP contribution in [0.5, 0.6) is 5.75 Å². The van der Waals surface area contributed by atoms with E-state index in [-0.39, 0.29) is 16.1 Å². The van der Waals surface area contributed by atoms with Gasteiger partial charge in [-0.05, 0) is 49.1 Å². The highest BCUT2D eigenvalue weighted by atomic mass is 32.2. The van der Waals surface area contributed by atoms with Crippen molar-refractivity contribution in [2.75, 3.05) is 18.2 Å². The number of anilines is 1. The summed E-state index contributed by atoms with van der Waals surface area (Å²) in [7, 11) is -3.64. The number of hydrogen-bond donors (Lipinski definition) is 2. The van der Waals surface area contributed by atoms with Gasteiger partial charge >= 0.3 is 5.97 Å². The standard InChI is InChI=1S/C19H19NO6S/c1-27(24,25)15-9-13(19(22)23)8-14(10-15)20-18(21)16-4-2-3-5-17(16)26-11-12-6-7-12/h2-5,8-10,12H,6-7,11H2,1H3,(H,20,21)(H,22,23). The number of ether oxygens (including phenoxy) is 1. The molecule has 7 nitrogen and oxygen atoms in total. The smallest absolute Gasteiger partial charge is 0.335 e. The number of carboxylic acids is 1. The second-order valence-electron chi connectivity index (χ2n) is 6.53. The fourth-order valence-corrected chi connectivity index (χ4v) is 3.16. The van der Waals surface area contributed by atoms with Gasteiger partial charge in [-0.25, -0.2) is 13.2 Å². The molecule has 0 saturated heterocycles. The monoisotopic (exact) mass is 389 g/mol. The third-order valence-electron chi connectivity index (χ3n) is 4.14. The molecule has 27 heavy (non-hydrogen) atoms. The fourth-order valence-electron chi connectivity index (χ4n) is 2.48. The van der Waals surface area contributed by atoms with Gasteiger partial charge in [0.15, 0.2) is 9.84 Å². The highest BCUT2D eigenvalue weighted by Crippen LogP contribution is 2.30. The highest BCUT2D eigenvalue weighted by molar-refractivity contribution is 7.90. The Morgan fingerprint density at radius 3 is 2.52 bits per heavy atom. The van der Waals surface area contributed by atoms with Gasteiger partial charge in [-0.15, -0.1) is 0 Å². The molecule has 0 bridgehead atoms. The lowest BCUT2D eigenvalue weighted by molar-refractivity contribution is 0.0696. The van der Waals surface area contributed by atoms with Crippen LogP contribution in [-0.4, -0.2) is 38.3 Å². The van der Waals surface area contributed by atoms with E-state index in [0.717, 1.165) is 25.2 Å². The Morgan fingerprint density at radius 2 is 1.89 bits per heavy atom. The van der Waals surface area contributed by atoms with Crippen LogP contribution < -0.4 is 10.1 Å². The molecule has 0 unspecified atom stereocenters. The average Bonchev–Trinajstić information content (AvgIpc) is 3.43. The number of aromatic carboxylic acids is 1. The second kappa shape index (κ2) is 7.40. The highest BCUT2D eigenvalue weighted by Gasteiger charge is 2.23. The summed E-state index contributed by atoms with van der Waals surface area (Å²) in [5.74, 6) is -0.849. The molecule has 1 saturated carbocycles. The summed E-state index contributed by atoms with van der Waals surface area (Å²) in [5.41, 5.74) is 0.142. The number of hydrogen-bond acceptors (Lipinski definition) is 5. The number of benzene rings is 2. The lowest BCUT2D eigenvalue weighted by Gasteiger charge is -2.12. The minimum Gasteiger partial charge on any atom is -0.492 e. The molecule has 0 heterocycles. The molecule has 8 heteroatoms. The molecule has 0 atom stereocenters. The summed E-state index contributed by atoms with van der Waals surface area (Å²) >= 11 is 0. The molecule has 2 N–H and O–H groups in total. The molecule has 1 fully saturated rings. The molecule has 1 aliphatic carbocycles. The molecule has 0 spiro atoms. The first-order valence-electron chi connectivity index (χ1n) is 8.35. The first-order valence-corrected chi connectivity index (χ1v) is 10.2. The SMILES string of the molecule is CS(=O)(=O)c1cc(NC(=O)c2ccccc2OCC2CC2)cc(C(=O)O)c1. The predicted octanol–water partition coefficient (Wildman–Crippen LogP) is 2.83. The summed E-state index contributed by atoms with van der Waals surface area (Å²) in [6.45, 7) is 0.539. The molecule has 0 aliphatic heterocycles. The molecule has 142 valence electrons. The number of para-hydroxylation sites is 1. The maximum absolute atomic E-state index is 12.6. The van der Waals surface area contributed by atoms with Gasteiger partial charge in [-0.2, -0.15) is 0 Å². The van der Waals surface area contributed by atoms with E-state index in [1.807, 2.05) is 0 Å². The van der Waals surface area contributed by atoms with Gasteiger partial charge in [0.1, 0.15) is 5.75 Å². The lowest BCUT2D eigenvalue weighted by Crippen LogP contribution is -2.15. The Bertz CT molecular complexity index is 995. The first kappa shape index (κ1) is 18.9.